The van der Waals surface area contributed by atoms with E-state index >= 15 is 0 Å². The molecular weight excluding hydrogens is 288 g/mol. The average molecular weight is 311 g/mol. The summed E-state index contributed by atoms with van der Waals surface area (Å²) in [5.74, 6) is 0.918. The van der Waals surface area contributed by atoms with Crippen LogP contribution in [-0.4, -0.2) is 20.1 Å². The summed E-state index contributed by atoms with van der Waals surface area (Å²) in [5.41, 5.74) is 2.74. The molecule has 0 saturated heterocycles. The third-order valence-corrected chi connectivity index (χ3v) is 4.10. The maximum atomic E-state index is 3.58. The summed E-state index contributed by atoms with van der Waals surface area (Å²) in [7, 11) is 2.21. The Labute approximate surface area is 119 Å². The first kappa shape index (κ1) is 13.9. The topological polar surface area (TPSA) is 15.3 Å². The maximum absolute atomic E-state index is 3.58. The lowest BCUT2D eigenvalue weighted by Gasteiger charge is -2.26. The van der Waals surface area contributed by atoms with Gasteiger partial charge < -0.3 is 10.2 Å². The monoisotopic (exact) mass is 310 g/mol. The fourth-order valence-corrected chi connectivity index (χ4v) is 2.80. The van der Waals surface area contributed by atoms with Crippen LogP contribution in [0, 0.1) is 5.92 Å². The molecule has 0 bridgehead atoms. The zero-order valence-corrected chi connectivity index (χ0v) is 13.1. The molecule has 100 valence electrons. The number of benzene rings is 1. The lowest BCUT2D eigenvalue weighted by Crippen LogP contribution is -2.25. The predicted octanol–water partition coefficient (Wildman–Crippen LogP) is 3.97. The Morgan fingerprint density at radius 1 is 1.44 bits per heavy atom. The second-order valence-corrected chi connectivity index (χ2v) is 6.22. The van der Waals surface area contributed by atoms with Crippen LogP contribution in [0.15, 0.2) is 22.7 Å². The van der Waals surface area contributed by atoms with Crippen molar-refractivity contribution >= 4 is 21.6 Å². The van der Waals surface area contributed by atoms with E-state index in [4.69, 9.17) is 0 Å². The van der Waals surface area contributed by atoms with E-state index in [1.807, 2.05) is 0 Å². The molecule has 1 fully saturated rings. The van der Waals surface area contributed by atoms with Gasteiger partial charge in [-0.25, -0.2) is 0 Å². The van der Waals surface area contributed by atoms with Crippen LogP contribution in [0.2, 0.25) is 0 Å². The molecule has 3 heteroatoms. The summed E-state index contributed by atoms with van der Waals surface area (Å²) in [6.45, 7) is 6.58. The standard InChI is InChI=1S/C15H23BrN2/c1-4-17-11(2)14-9-13(16)7-8-15(14)18(3)10-12-5-6-12/h7-9,11-12,17H,4-6,10H2,1-3H3. The number of anilines is 1. The Morgan fingerprint density at radius 3 is 2.78 bits per heavy atom. The van der Waals surface area contributed by atoms with Crippen molar-refractivity contribution in [3.8, 4) is 0 Å². The SMILES string of the molecule is CCNC(C)c1cc(Br)ccc1N(C)CC1CC1. The fourth-order valence-electron chi connectivity index (χ4n) is 2.42. The lowest BCUT2D eigenvalue weighted by molar-refractivity contribution is 0.596. The maximum Gasteiger partial charge on any atom is 0.0412 e. The van der Waals surface area contributed by atoms with Gasteiger partial charge in [-0.2, -0.15) is 0 Å². The Morgan fingerprint density at radius 2 is 2.17 bits per heavy atom. The highest BCUT2D eigenvalue weighted by Gasteiger charge is 2.24. The molecule has 1 aromatic carbocycles. The smallest absolute Gasteiger partial charge is 0.0412 e. The first-order chi connectivity index (χ1) is 8.61. The van der Waals surface area contributed by atoms with E-state index in [0.717, 1.165) is 16.9 Å². The molecular formula is C15H23BrN2. The van der Waals surface area contributed by atoms with E-state index in [-0.39, 0.29) is 0 Å². The molecule has 1 saturated carbocycles. The van der Waals surface area contributed by atoms with Crippen molar-refractivity contribution in [3.63, 3.8) is 0 Å². The van der Waals surface area contributed by atoms with Crippen LogP contribution in [-0.2, 0) is 0 Å². The van der Waals surface area contributed by atoms with E-state index in [2.05, 4.69) is 65.2 Å². The van der Waals surface area contributed by atoms with Gasteiger partial charge in [-0.1, -0.05) is 22.9 Å². The van der Waals surface area contributed by atoms with Crippen LogP contribution in [0.4, 0.5) is 5.69 Å². The largest absolute Gasteiger partial charge is 0.374 e. The van der Waals surface area contributed by atoms with Gasteiger partial charge in [0.25, 0.3) is 0 Å². The van der Waals surface area contributed by atoms with E-state index in [1.165, 1.54) is 30.6 Å². The second kappa shape index (κ2) is 6.07. The van der Waals surface area contributed by atoms with Crippen LogP contribution < -0.4 is 10.2 Å². The minimum Gasteiger partial charge on any atom is -0.374 e. The zero-order chi connectivity index (χ0) is 13.1. The van der Waals surface area contributed by atoms with Gasteiger partial charge in [-0.15, -0.1) is 0 Å². The van der Waals surface area contributed by atoms with Gasteiger partial charge in [0.1, 0.15) is 0 Å². The van der Waals surface area contributed by atoms with Gasteiger partial charge in [0, 0.05) is 29.8 Å². The fraction of sp³-hybridized carbons (Fsp3) is 0.600. The molecule has 0 aromatic heterocycles. The molecule has 1 unspecified atom stereocenters. The molecule has 2 nitrogen and oxygen atoms in total. The zero-order valence-electron chi connectivity index (χ0n) is 11.5. The molecule has 0 heterocycles. The number of nitrogens with one attached hydrogen (secondary N) is 1. The van der Waals surface area contributed by atoms with Gasteiger partial charge in [-0.3, -0.25) is 0 Å². The molecule has 1 atom stereocenters. The van der Waals surface area contributed by atoms with Crippen LogP contribution >= 0.6 is 15.9 Å². The van der Waals surface area contributed by atoms with Crippen LogP contribution in [0.5, 0.6) is 0 Å². The number of nitrogens with zero attached hydrogens (tertiary/aromatic N) is 1. The van der Waals surface area contributed by atoms with Gasteiger partial charge in [0.15, 0.2) is 0 Å². The first-order valence-corrected chi connectivity index (χ1v) is 7.65. The van der Waals surface area contributed by atoms with Crippen molar-refractivity contribution < 1.29 is 0 Å². The highest BCUT2D eigenvalue weighted by Crippen LogP contribution is 2.34. The normalized spacial score (nSPS) is 16.7. The van der Waals surface area contributed by atoms with Crippen molar-refractivity contribution in [3.05, 3.63) is 28.2 Å². The van der Waals surface area contributed by atoms with Crippen LogP contribution in [0.3, 0.4) is 0 Å². The molecule has 0 amide bonds. The highest BCUT2D eigenvalue weighted by atomic mass is 79.9. The number of halogens is 1. The van der Waals surface area contributed by atoms with Gasteiger partial charge in [0.05, 0.1) is 0 Å². The van der Waals surface area contributed by atoms with E-state index in [0.29, 0.717) is 6.04 Å². The van der Waals surface area contributed by atoms with Gasteiger partial charge in [0.2, 0.25) is 0 Å². The Bertz CT molecular complexity index is 401. The van der Waals surface area contributed by atoms with Gasteiger partial charge >= 0.3 is 0 Å². The summed E-state index contributed by atoms with van der Waals surface area (Å²) in [4.78, 5) is 2.41. The Balaban J connectivity index is 2.20. The van der Waals surface area contributed by atoms with Crippen molar-refractivity contribution in [2.45, 2.75) is 32.7 Å². The third kappa shape index (κ3) is 3.48. The first-order valence-electron chi connectivity index (χ1n) is 6.85. The lowest BCUT2D eigenvalue weighted by atomic mass is 10.0. The molecule has 0 spiro atoms. The highest BCUT2D eigenvalue weighted by molar-refractivity contribution is 9.10. The Kier molecular flexibility index (Phi) is 4.68. The minimum absolute atomic E-state index is 0.393. The molecule has 0 aliphatic heterocycles. The second-order valence-electron chi connectivity index (χ2n) is 5.31. The Hall–Kier alpha value is -0.540. The quantitative estimate of drug-likeness (QED) is 0.855. The summed E-state index contributed by atoms with van der Waals surface area (Å²) < 4.78 is 1.16. The number of hydrogen-bond acceptors (Lipinski definition) is 2. The van der Waals surface area contributed by atoms with Gasteiger partial charge in [-0.05, 0) is 56.0 Å². The molecule has 2 rings (SSSR count). The molecule has 1 aliphatic rings. The average Bonchev–Trinajstić information content (AvgIpc) is 3.13. The summed E-state index contributed by atoms with van der Waals surface area (Å²) in [5, 5.41) is 3.51. The minimum atomic E-state index is 0.393. The van der Waals surface area contributed by atoms with E-state index in [9.17, 15) is 0 Å². The van der Waals surface area contributed by atoms with Crippen LogP contribution in [0.25, 0.3) is 0 Å². The van der Waals surface area contributed by atoms with Crippen molar-refractivity contribution in [2.24, 2.45) is 5.92 Å². The molecule has 1 aromatic rings. The van der Waals surface area contributed by atoms with Crippen LogP contribution in [0.1, 0.15) is 38.3 Å². The molecule has 1 N–H and O–H groups in total. The molecule has 0 radical (unpaired) electrons. The van der Waals surface area contributed by atoms with E-state index < -0.39 is 0 Å². The third-order valence-electron chi connectivity index (χ3n) is 3.61. The number of hydrogen-bond donors (Lipinski definition) is 1. The summed E-state index contributed by atoms with van der Waals surface area (Å²) >= 11 is 3.58. The summed E-state index contributed by atoms with van der Waals surface area (Å²) in [6.07, 6.45) is 2.80. The van der Waals surface area contributed by atoms with Crippen molar-refractivity contribution in [1.82, 2.24) is 5.32 Å². The van der Waals surface area contributed by atoms with Crippen molar-refractivity contribution in [2.75, 3.05) is 25.0 Å². The van der Waals surface area contributed by atoms with Crippen molar-refractivity contribution in [1.29, 1.82) is 0 Å². The predicted molar refractivity (Wildman–Crippen MR) is 82.2 cm³/mol. The summed E-state index contributed by atoms with van der Waals surface area (Å²) in [6, 6.07) is 7.01. The number of rotatable bonds is 6. The molecule has 18 heavy (non-hydrogen) atoms. The molecule has 1 aliphatic carbocycles. The van der Waals surface area contributed by atoms with E-state index in [1.54, 1.807) is 0 Å².